The van der Waals surface area contributed by atoms with Crippen LogP contribution < -0.4 is 4.90 Å². The number of anilines is 1. The number of aromatic nitrogens is 3. The van der Waals surface area contributed by atoms with Crippen LogP contribution in [0.15, 0.2) is 30.9 Å². The van der Waals surface area contributed by atoms with Crippen molar-refractivity contribution in [3.8, 4) is 0 Å². The Balaban J connectivity index is 1.99. The summed E-state index contributed by atoms with van der Waals surface area (Å²) in [5.41, 5.74) is 1.76. The summed E-state index contributed by atoms with van der Waals surface area (Å²) in [4.78, 5) is 18.5. The molecule has 2 heterocycles. The van der Waals surface area contributed by atoms with Crippen molar-refractivity contribution in [2.75, 3.05) is 11.4 Å². The summed E-state index contributed by atoms with van der Waals surface area (Å²) in [7, 11) is 0. The molecule has 21 heavy (non-hydrogen) atoms. The monoisotopic (exact) mass is 304 g/mol. The summed E-state index contributed by atoms with van der Waals surface area (Å²) in [6, 6.07) is 5.30. The zero-order valence-electron chi connectivity index (χ0n) is 12.2. The summed E-state index contributed by atoms with van der Waals surface area (Å²) >= 11 is 6.34. The molecule has 1 amide bonds. The van der Waals surface area contributed by atoms with Gasteiger partial charge in [-0.05, 0) is 19.1 Å². The third-order valence-corrected chi connectivity index (χ3v) is 4.28. The standard InChI is InChI=1S/C15H17ClN4O/c1-10(20-9-17-8-18-20)14(21)19-7-15(2,3)13-11(16)5-4-6-12(13)19/h4-6,8-10H,7H2,1-3H3. The van der Waals surface area contributed by atoms with Gasteiger partial charge in [-0.3, -0.25) is 4.79 Å². The van der Waals surface area contributed by atoms with E-state index in [1.165, 1.54) is 6.33 Å². The predicted molar refractivity (Wildman–Crippen MR) is 81.6 cm³/mol. The average molecular weight is 305 g/mol. The lowest BCUT2D eigenvalue weighted by molar-refractivity contribution is -0.121. The van der Waals surface area contributed by atoms with E-state index in [0.29, 0.717) is 11.6 Å². The zero-order chi connectivity index (χ0) is 15.2. The Bertz CT molecular complexity index is 681. The SMILES string of the molecule is CC(C(=O)N1CC(C)(C)c2c(Cl)cccc21)n1cncn1. The summed E-state index contributed by atoms with van der Waals surface area (Å²) in [6.07, 6.45) is 2.99. The minimum atomic E-state index is -0.395. The first-order chi connectivity index (χ1) is 9.92. The molecule has 2 aromatic rings. The Morgan fingerprint density at radius 3 is 2.86 bits per heavy atom. The minimum absolute atomic E-state index is 0.00501. The molecule has 1 aliphatic heterocycles. The summed E-state index contributed by atoms with van der Waals surface area (Å²) in [5.74, 6) is -0.00501. The van der Waals surface area contributed by atoms with Crippen LogP contribution in [0, 0.1) is 0 Å². The number of carbonyl (C=O) groups excluding carboxylic acids is 1. The molecule has 1 aliphatic rings. The molecule has 0 fully saturated rings. The van der Waals surface area contributed by atoms with Gasteiger partial charge >= 0.3 is 0 Å². The predicted octanol–water partition coefficient (Wildman–Crippen LogP) is 2.82. The van der Waals surface area contributed by atoms with E-state index in [1.54, 1.807) is 15.9 Å². The number of rotatable bonds is 2. The van der Waals surface area contributed by atoms with Gasteiger partial charge in [-0.1, -0.05) is 31.5 Å². The van der Waals surface area contributed by atoms with E-state index in [1.807, 2.05) is 25.1 Å². The van der Waals surface area contributed by atoms with Crippen LogP contribution in [0.1, 0.15) is 32.4 Å². The maximum atomic E-state index is 12.8. The molecule has 0 N–H and O–H groups in total. The minimum Gasteiger partial charge on any atom is -0.309 e. The van der Waals surface area contributed by atoms with Crippen molar-refractivity contribution in [3.63, 3.8) is 0 Å². The normalized spacial score (nSPS) is 17.6. The van der Waals surface area contributed by atoms with E-state index in [4.69, 9.17) is 11.6 Å². The van der Waals surface area contributed by atoms with Crippen LogP contribution in [0.3, 0.4) is 0 Å². The molecule has 1 aromatic carbocycles. The highest BCUT2D eigenvalue weighted by Crippen LogP contribution is 2.44. The topological polar surface area (TPSA) is 51.0 Å². The first-order valence-electron chi connectivity index (χ1n) is 6.86. The van der Waals surface area contributed by atoms with Gasteiger partial charge in [0.2, 0.25) is 0 Å². The Kier molecular flexibility index (Phi) is 3.24. The van der Waals surface area contributed by atoms with Crippen LogP contribution >= 0.6 is 11.6 Å². The quantitative estimate of drug-likeness (QED) is 0.857. The molecule has 0 saturated carbocycles. The molecule has 0 radical (unpaired) electrons. The highest BCUT2D eigenvalue weighted by atomic mass is 35.5. The summed E-state index contributed by atoms with van der Waals surface area (Å²) in [6.45, 7) is 6.65. The molecule has 1 aromatic heterocycles. The third kappa shape index (κ3) is 2.21. The molecular weight excluding hydrogens is 288 g/mol. The van der Waals surface area contributed by atoms with Crippen LogP contribution in [0.25, 0.3) is 0 Å². The number of hydrogen-bond acceptors (Lipinski definition) is 3. The fraction of sp³-hybridized carbons (Fsp3) is 0.400. The van der Waals surface area contributed by atoms with Crippen LogP contribution in [-0.2, 0) is 10.2 Å². The average Bonchev–Trinajstić information content (AvgIpc) is 3.04. The summed E-state index contributed by atoms with van der Waals surface area (Å²) in [5, 5.41) is 4.76. The number of halogens is 1. The molecule has 1 atom stereocenters. The fourth-order valence-electron chi connectivity index (χ4n) is 2.92. The van der Waals surface area contributed by atoms with Crippen molar-refractivity contribution in [2.24, 2.45) is 0 Å². The van der Waals surface area contributed by atoms with E-state index in [-0.39, 0.29) is 11.3 Å². The van der Waals surface area contributed by atoms with Gasteiger partial charge < -0.3 is 4.90 Å². The fourth-order valence-corrected chi connectivity index (χ4v) is 3.35. The Morgan fingerprint density at radius 1 is 1.43 bits per heavy atom. The van der Waals surface area contributed by atoms with Gasteiger partial charge in [-0.15, -0.1) is 0 Å². The lowest BCUT2D eigenvalue weighted by Crippen LogP contribution is -2.38. The summed E-state index contributed by atoms with van der Waals surface area (Å²) < 4.78 is 1.57. The van der Waals surface area contributed by atoms with Crippen molar-refractivity contribution < 1.29 is 4.79 Å². The largest absolute Gasteiger partial charge is 0.309 e. The Morgan fingerprint density at radius 2 is 2.19 bits per heavy atom. The van der Waals surface area contributed by atoms with Gasteiger partial charge in [-0.2, -0.15) is 5.10 Å². The molecule has 5 nitrogen and oxygen atoms in total. The van der Waals surface area contributed by atoms with Gasteiger partial charge in [0.1, 0.15) is 18.7 Å². The van der Waals surface area contributed by atoms with Gasteiger partial charge in [0, 0.05) is 28.2 Å². The molecule has 1 unspecified atom stereocenters. The van der Waals surface area contributed by atoms with Crippen LogP contribution in [0.2, 0.25) is 5.02 Å². The molecule has 0 bridgehead atoms. The van der Waals surface area contributed by atoms with Crippen molar-refractivity contribution >= 4 is 23.2 Å². The smallest absolute Gasteiger partial charge is 0.251 e. The molecule has 0 aliphatic carbocycles. The first kappa shape index (κ1) is 14.1. The highest BCUT2D eigenvalue weighted by Gasteiger charge is 2.40. The van der Waals surface area contributed by atoms with E-state index in [9.17, 15) is 4.79 Å². The molecule has 3 rings (SSSR count). The lowest BCUT2D eigenvalue weighted by atomic mass is 9.87. The molecule has 6 heteroatoms. The number of benzene rings is 1. The van der Waals surface area contributed by atoms with Gasteiger partial charge in [0.15, 0.2) is 0 Å². The number of hydrogen-bond donors (Lipinski definition) is 0. The Labute approximate surface area is 128 Å². The van der Waals surface area contributed by atoms with E-state index >= 15 is 0 Å². The number of fused-ring (bicyclic) bond motifs is 1. The molecule has 0 saturated heterocycles. The highest BCUT2D eigenvalue weighted by molar-refractivity contribution is 6.32. The number of nitrogens with zero attached hydrogens (tertiary/aromatic N) is 4. The third-order valence-electron chi connectivity index (χ3n) is 3.97. The van der Waals surface area contributed by atoms with Gasteiger partial charge in [0.05, 0.1) is 0 Å². The second-order valence-electron chi connectivity index (χ2n) is 5.99. The van der Waals surface area contributed by atoms with Crippen LogP contribution in [0.5, 0.6) is 0 Å². The van der Waals surface area contributed by atoms with Crippen molar-refractivity contribution in [1.29, 1.82) is 0 Å². The maximum Gasteiger partial charge on any atom is 0.251 e. The van der Waals surface area contributed by atoms with E-state index in [2.05, 4.69) is 23.9 Å². The molecule has 110 valence electrons. The lowest BCUT2D eigenvalue weighted by Gasteiger charge is -2.23. The van der Waals surface area contributed by atoms with Crippen LogP contribution in [-0.4, -0.2) is 27.2 Å². The van der Waals surface area contributed by atoms with Crippen molar-refractivity contribution in [3.05, 3.63) is 41.4 Å². The Hall–Kier alpha value is -1.88. The van der Waals surface area contributed by atoms with Gasteiger partial charge in [0.25, 0.3) is 5.91 Å². The number of amides is 1. The zero-order valence-corrected chi connectivity index (χ0v) is 13.0. The van der Waals surface area contributed by atoms with Crippen LogP contribution in [0.4, 0.5) is 5.69 Å². The second-order valence-corrected chi connectivity index (χ2v) is 6.40. The maximum absolute atomic E-state index is 12.8. The van der Waals surface area contributed by atoms with Crippen molar-refractivity contribution in [2.45, 2.75) is 32.2 Å². The molecule has 0 spiro atoms. The molecular formula is C15H17ClN4O. The van der Waals surface area contributed by atoms with E-state index < -0.39 is 6.04 Å². The van der Waals surface area contributed by atoms with Gasteiger partial charge in [-0.25, -0.2) is 9.67 Å². The second kappa shape index (κ2) is 4.84. The van der Waals surface area contributed by atoms with E-state index in [0.717, 1.165) is 11.3 Å². The number of carbonyl (C=O) groups is 1. The first-order valence-corrected chi connectivity index (χ1v) is 7.24. The van der Waals surface area contributed by atoms with Crippen molar-refractivity contribution in [1.82, 2.24) is 14.8 Å².